The van der Waals surface area contributed by atoms with Crippen molar-refractivity contribution in [1.29, 1.82) is 0 Å². The first-order chi connectivity index (χ1) is 25.8. The number of hydrogen-bond donors (Lipinski definition) is 0. The highest BCUT2D eigenvalue weighted by atomic mass is 32.2. The molecule has 1 amide bonds. The first-order valence-corrected chi connectivity index (χ1v) is 24.9. The van der Waals surface area contributed by atoms with Crippen molar-refractivity contribution in [3.63, 3.8) is 0 Å². The lowest BCUT2D eigenvalue weighted by atomic mass is 9.96. The van der Waals surface area contributed by atoms with Gasteiger partial charge in [-0.2, -0.15) is 0 Å². The maximum absolute atomic E-state index is 14.8. The maximum atomic E-state index is 14.8. The number of rotatable bonds is 17. The van der Waals surface area contributed by atoms with E-state index in [-0.39, 0.29) is 36.3 Å². The Kier molecular flexibility index (Phi) is 12.8. The van der Waals surface area contributed by atoms with Crippen LogP contribution in [0, 0.1) is 13.8 Å². The molecule has 1 spiro atoms. The molecular weight excluding hydrogens is 721 g/mol. The maximum Gasteiger partial charge on any atom is 0.269 e. The number of amides is 1. The van der Waals surface area contributed by atoms with Crippen molar-refractivity contribution in [3.8, 4) is 11.1 Å². The number of nitrogens with zero attached hydrogens (tertiary/aromatic N) is 4. The third kappa shape index (κ3) is 9.02. The summed E-state index contributed by atoms with van der Waals surface area (Å²) in [4.78, 5) is 21.1. The van der Waals surface area contributed by atoms with Gasteiger partial charge in [0.15, 0.2) is 6.29 Å². The van der Waals surface area contributed by atoms with E-state index in [1.54, 1.807) is 26.0 Å². The monoisotopic (exact) mass is 778 g/mol. The lowest BCUT2D eigenvalue weighted by molar-refractivity contribution is -0.168. The van der Waals surface area contributed by atoms with E-state index in [2.05, 4.69) is 31.7 Å². The Labute approximate surface area is 322 Å². The van der Waals surface area contributed by atoms with Crippen molar-refractivity contribution >= 4 is 35.7 Å². The fraction of sp³-hybridized carbons (Fsp3) is 0.585. The lowest BCUT2D eigenvalue weighted by Gasteiger charge is -2.26. The van der Waals surface area contributed by atoms with Gasteiger partial charge in [-0.05, 0) is 81.2 Å². The zero-order chi connectivity index (χ0) is 38.5. The largest absolute Gasteiger partial charge is 0.360 e. The van der Waals surface area contributed by atoms with Crippen LogP contribution in [0.2, 0.25) is 25.7 Å². The summed E-state index contributed by atoms with van der Waals surface area (Å²) < 4.78 is 54.8. The van der Waals surface area contributed by atoms with Crippen LogP contribution in [-0.2, 0) is 42.2 Å². The number of ether oxygens (including phenoxy) is 3. The minimum atomic E-state index is -4.22. The van der Waals surface area contributed by atoms with Crippen LogP contribution in [0.15, 0.2) is 56.9 Å². The molecule has 1 saturated heterocycles. The number of sulfonamides is 1. The highest BCUT2D eigenvalue weighted by Gasteiger charge is 2.49. The number of unbranched alkanes of at least 4 members (excludes halogenated alkanes) is 1. The summed E-state index contributed by atoms with van der Waals surface area (Å²) in [6.45, 7) is 14.0. The minimum Gasteiger partial charge on any atom is -0.360 e. The van der Waals surface area contributed by atoms with Gasteiger partial charge in [0, 0.05) is 38.8 Å². The number of benzene rings is 2. The third-order valence-corrected chi connectivity index (χ3v) is 14.3. The molecule has 1 aliphatic carbocycles. The SMILES string of the molecule is CCCCC1=NC2(CCCC2)C(=O)N1Cc1ccc(-c2ccccc2S(=O)(=O)N(COCC[Si](C)(C)C)c2onc(C)c2C)c(COC2CCCCO2)c1. The zero-order valence-corrected chi connectivity index (χ0v) is 34.8. The smallest absolute Gasteiger partial charge is 0.269 e. The van der Waals surface area contributed by atoms with Crippen LogP contribution in [0.25, 0.3) is 11.1 Å². The molecule has 1 unspecified atom stereocenters. The Morgan fingerprint density at radius 2 is 1.81 bits per heavy atom. The summed E-state index contributed by atoms with van der Waals surface area (Å²) in [5, 5.41) is 4.08. The predicted molar refractivity (Wildman–Crippen MR) is 214 cm³/mol. The number of aryl methyl sites for hydroxylation is 1. The Balaban J connectivity index is 1.36. The number of carbonyl (C=O) groups excluding carboxylic acids is 1. The molecule has 2 aromatic carbocycles. The van der Waals surface area contributed by atoms with Crippen molar-refractivity contribution in [2.75, 3.05) is 24.2 Å². The summed E-state index contributed by atoms with van der Waals surface area (Å²) in [5.41, 5.74) is 3.61. The molecule has 0 radical (unpaired) electrons. The summed E-state index contributed by atoms with van der Waals surface area (Å²) in [6, 6.07) is 13.9. The molecule has 1 saturated carbocycles. The van der Waals surface area contributed by atoms with Crippen LogP contribution in [0.1, 0.15) is 93.5 Å². The standard InChI is InChI=1S/C41H58N4O7SSi/c1-7-8-17-37-42-41(21-12-13-22-41)40(46)44(37)27-32-19-20-34(33(26-32)28-51-38-18-11-14-23-50-38)35-15-9-10-16-36(35)53(47,48)45(29-49-24-25-54(4,5)6)39-30(2)31(3)43-52-39/h9-10,15-16,19-20,26,38H,7-8,11-14,17-18,21-25,27-29H2,1-6H3. The fourth-order valence-electron chi connectivity index (χ4n) is 7.47. The van der Waals surface area contributed by atoms with Crippen LogP contribution in [0.5, 0.6) is 0 Å². The minimum absolute atomic E-state index is 0.102. The average molecular weight is 779 g/mol. The molecule has 294 valence electrons. The van der Waals surface area contributed by atoms with Crippen molar-refractivity contribution in [2.24, 2.45) is 4.99 Å². The van der Waals surface area contributed by atoms with Gasteiger partial charge >= 0.3 is 0 Å². The molecule has 13 heteroatoms. The molecule has 3 heterocycles. The molecule has 1 atom stereocenters. The Hall–Kier alpha value is -3.36. The first kappa shape index (κ1) is 40.3. The van der Waals surface area contributed by atoms with Gasteiger partial charge in [-0.1, -0.05) is 87.4 Å². The van der Waals surface area contributed by atoms with E-state index >= 15 is 0 Å². The molecule has 0 bridgehead atoms. The molecule has 3 aliphatic rings. The number of anilines is 1. The number of aliphatic imine (C=N–C) groups is 1. The van der Waals surface area contributed by atoms with E-state index in [9.17, 15) is 13.2 Å². The molecule has 2 fully saturated rings. The highest BCUT2D eigenvalue weighted by molar-refractivity contribution is 7.93. The second kappa shape index (κ2) is 17.2. The van der Waals surface area contributed by atoms with Crippen LogP contribution in [0.4, 0.5) is 5.88 Å². The van der Waals surface area contributed by atoms with Gasteiger partial charge in [-0.15, -0.1) is 0 Å². The number of carbonyl (C=O) groups is 1. The Morgan fingerprint density at radius 1 is 1.04 bits per heavy atom. The van der Waals surface area contributed by atoms with Crippen LogP contribution in [0.3, 0.4) is 0 Å². The van der Waals surface area contributed by atoms with E-state index in [4.69, 9.17) is 23.7 Å². The summed E-state index contributed by atoms with van der Waals surface area (Å²) >= 11 is 0. The van der Waals surface area contributed by atoms with Crippen LogP contribution in [-0.4, -0.2) is 70.1 Å². The number of hydrogen-bond acceptors (Lipinski definition) is 9. The normalized spacial score (nSPS) is 18.9. The lowest BCUT2D eigenvalue weighted by Crippen LogP contribution is -2.40. The predicted octanol–water partition coefficient (Wildman–Crippen LogP) is 8.75. The van der Waals surface area contributed by atoms with Gasteiger partial charge in [0.05, 0.1) is 23.7 Å². The van der Waals surface area contributed by atoms with Crippen LogP contribution >= 0.6 is 0 Å². The van der Waals surface area contributed by atoms with Gasteiger partial charge in [0.2, 0.25) is 5.88 Å². The zero-order valence-electron chi connectivity index (χ0n) is 33.0. The van der Waals surface area contributed by atoms with Crippen molar-refractivity contribution in [3.05, 3.63) is 64.8 Å². The molecular formula is C41H58N4O7SSi. The van der Waals surface area contributed by atoms with E-state index < -0.39 is 23.6 Å². The van der Waals surface area contributed by atoms with E-state index in [1.807, 2.05) is 35.2 Å². The number of aromatic nitrogens is 1. The van der Waals surface area contributed by atoms with Gasteiger partial charge in [-0.3, -0.25) is 14.7 Å². The molecule has 6 rings (SSSR count). The van der Waals surface area contributed by atoms with Crippen LogP contribution < -0.4 is 4.31 Å². The Bertz CT molecular complexity index is 1910. The second-order valence-corrected chi connectivity index (χ2v) is 23.7. The van der Waals surface area contributed by atoms with Crippen molar-refractivity contribution in [2.45, 2.75) is 141 Å². The summed E-state index contributed by atoms with van der Waals surface area (Å²) in [6.07, 6.45) is 8.87. The molecule has 2 aliphatic heterocycles. The van der Waals surface area contributed by atoms with Gasteiger partial charge in [-0.25, -0.2) is 12.7 Å². The average Bonchev–Trinajstić information content (AvgIpc) is 3.84. The van der Waals surface area contributed by atoms with E-state index in [0.717, 1.165) is 92.8 Å². The summed E-state index contributed by atoms with van der Waals surface area (Å²) in [7, 11) is -5.65. The topological polar surface area (TPSA) is 124 Å². The van der Waals surface area contributed by atoms with Gasteiger partial charge in [0.1, 0.15) is 18.1 Å². The second-order valence-electron chi connectivity index (χ2n) is 16.3. The first-order valence-electron chi connectivity index (χ1n) is 19.7. The Morgan fingerprint density at radius 3 is 2.50 bits per heavy atom. The number of amidine groups is 1. The quantitative estimate of drug-likeness (QED) is 0.0758. The fourth-order valence-corrected chi connectivity index (χ4v) is 9.77. The molecule has 0 N–H and O–H groups in total. The highest BCUT2D eigenvalue weighted by Crippen LogP contribution is 2.41. The summed E-state index contributed by atoms with van der Waals surface area (Å²) in [5.74, 6) is 1.12. The molecule has 11 nitrogen and oxygen atoms in total. The van der Waals surface area contributed by atoms with Crippen molar-refractivity contribution < 1.29 is 31.9 Å². The van der Waals surface area contributed by atoms with Crippen molar-refractivity contribution in [1.82, 2.24) is 10.1 Å². The molecule has 1 aromatic heterocycles. The molecule has 3 aromatic rings. The van der Waals surface area contributed by atoms with Gasteiger partial charge in [0.25, 0.3) is 15.9 Å². The van der Waals surface area contributed by atoms with Gasteiger partial charge < -0.3 is 18.7 Å². The molecule has 54 heavy (non-hydrogen) atoms. The van der Waals surface area contributed by atoms with E-state index in [1.165, 1.54) is 4.31 Å². The van der Waals surface area contributed by atoms with E-state index in [0.29, 0.717) is 36.6 Å². The third-order valence-electron chi connectivity index (χ3n) is 10.9.